The van der Waals surface area contributed by atoms with Crippen LogP contribution in [-0.4, -0.2) is 15.8 Å². The Morgan fingerprint density at radius 3 is 2.88 bits per heavy atom. The van der Waals surface area contributed by atoms with Crippen LogP contribution in [-0.2, 0) is 6.54 Å². The van der Waals surface area contributed by atoms with Gasteiger partial charge >= 0.3 is 0 Å². The average Bonchev–Trinajstić information content (AvgIpc) is 2.76. The molecular weight excluding hydrogens is 196 g/mol. The van der Waals surface area contributed by atoms with Gasteiger partial charge in [-0.05, 0) is 19.1 Å². The summed E-state index contributed by atoms with van der Waals surface area (Å²) in [5.74, 6) is 0.957. The molecule has 78 valence electrons. The van der Waals surface area contributed by atoms with Crippen molar-refractivity contribution < 1.29 is 4.58 Å². The lowest BCUT2D eigenvalue weighted by molar-refractivity contribution is -0.451. The van der Waals surface area contributed by atoms with Crippen LogP contribution in [0.3, 0.4) is 0 Å². The van der Waals surface area contributed by atoms with Crippen LogP contribution in [0.25, 0.3) is 0 Å². The molecular formula is C14H12N2. The molecule has 2 heteroatoms. The molecule has 0 fully saturated rings. The Kier molecular flexibility index (Phi) is 2.07. The van der Waals surface area contributed by atoms with E-state index in [9.17, 15) is 0 Å². The highest BCUT2D eigenvalue weighted by atomic mass is 15.1. The topological polar surface area (TPSA) is 15.9 Å². The third-order valence-electron chi connectivity index (χ3n) is 2.91. The minimum atomic E-state index is 0.874. The van der Waals surface area contributed by atoms with Crippen LogP contribution in [0.2, 0.25) is 0 Å². The van der Waals surface area contributed by atoms with Gasteiger partial charge in [0.05, 0.1) is 6.54 Å². The van der Waals surface area contributed by atoms with E-state index in [1.807, 2.05) is 24.4 Å². The van der Waals surface area contributed by atoms with Gasteiger partial charge in [0.25, 0.3) is 5.82 Å². The van der Waals surface area contributed by atoms with Crippen LogP contribution in [0.4, 0.5) is 5.82 Å². The van der Waals surface area contributed by atoms with E-state index in [-0.39, 0.29) is 0 Å². The molecule has 0 aliphatic carbocycles. The van der Waals surface area contributed by atoms with Gasteiger partial charge in [-0.25, -0.2) is 0 Å². The van der Waals surface area contributed by atoms with Crippen LogP contribution >= 0.6 is 0 Å². The van der Waals surface area contributed by atoms with E-state index in [1.165, 1.54) is 16.7 Å². The standard InChI is InChI=1S/C14H12N2/c1-11-5-4-6-12-9-16(10-13(11)12)14-7-2-3-8-15-14/h2-8H,10H2,1H3. The number of rotatable bonds is 1. The molecule has 0 unspecified atom stereocenters. The Balaban J connectivity index is 2.04. The van der Waals surface area contributed by atoms with E-state index in [4.69, 9.17) is 0 Å². The van der Waals surface area contributed by atoms with Crippen molar-refractivity contribution in [3.63, 3.8) is 0 Å². The lowest BCUT2D eigenvalue weighted by Gasteiger charge is -2.06. The first kappa shape index (κ1) is 9.28. The number of aryl methyl sites for hydroxylation is 1. The molecule has 0 bridgehead atoms. The van der Waals surface area contributed by atoms with Crippen molar-refractivity contribution in [1.29, 1.82) is 0 Å². The van der Waals surface area contributed by atoms with E-state index < -0.39 is 0 Å². The Morgan fingerprint density at radius 1 is 1.19 bits per heavy atom. The zero-order valence-corrected chi connectivity index (χ0v) is 9.14. The molecule has 0 radical (unpaired) electrons. The summed E-state index contributed by atoms with van der Waals surface area (Å²) in [4.78, 5) is 4.34. The molecule has 1 aliphatic heterocycles. The molecule has 3 rings (SSSR count). The maximum absolute atomic E-state index is 4.34. The molecule has 1 aromatic heterocycles. The predicted molar refractivity (Wildman–Crippen MR) is 63.1 cm³/mol. The zero-order chi connectivity index (χ0) is 11.0. The number of benzene rings is 1. The van der Waals surface area contributed by atoms with Crippen LogP contribution < -0.4 is 0 Å². The first-order valence-electron chi connectivity index (χ1n) is 5.38. The predicted octanol–water partition coefficient (Wildman–Crippen LogP) is 2.54. The van der Waals surface area contributed by atoms with E-state index in [2.05, 4.69) is 40.9 Å². The summed E-state index contributed by atoms with van der Waals surface area (Å²) in [5, 5.41) is 0. The monoisotopic (exact) mass is 208 g/mol. The Hall–Kier alpha value is -1.96. The zero-order valence-electron chi connectivity index (χ0n) is 9.14. The van der Waals surface area contributed by atoms with E-state index in [1.54, 1.807) is 0 Å². The van der Waals surface area contributed by atoms with Gasteiger partial charge in [-0.1, -0.05) is 28.2 Å². The number of aromatic nitrogens is 1. The fourth-order valence-corrected chi connectivity index (χ4v) is 2.01. The highest BCUT2D eigenvalue weighted by Gasteiger charge is 2.13. The summed E-state index contributed by atoms with van der Waals surface area (Å²) in [6.07, 6.45) is 5.17. The van der Waals surface area contributed by atoms with E-state index >= 15 is 0 Å². The van der Waals surface area contributed by atoms with E-state index in [0.717, 1.165) is 12.4 Å². The maximum Gasteiger partial charge on any atom is 0.251 e. The van der Waals surface area contributed by atoms with Crippen molar-refractivity contribution in [3.8, 4) is 0 Å². The Bertz CT molecular complexity index is 556. The normalized spacial score (nSPS) is 13.4. The summed E-state index contributed by atoms with van der Waals surface area (Å²) < 4.78 is 2.07. The third kappa shape index (κ3) is 1.43. The molecule has 0 atom stereocenters. The first-order valence-corrected chi connectivity index (χ1v) is 5.38. The summed E-state index contributed by atoms with van der Waals surface area (Å²) in [7, 11) is 0. The van der Waals surface area contributed by atoms with Crippen LogP contribution in [0.5, 0.6) is 0 Å². The minimum Gasteiger partial charge on any atom is -0.312 e. The second-order valence-electron chi connectivity index (χ2n) is 3.99. The highest BCUT2D eigenvalue weighted by Crippen LogP contribution is 2.22. The third-order valence-corrected chi connectivity index (χ3v) is 2.91. The van der Waals surface area contributed by atoms with Crippen molar-refractivity contribution in [2.45, 2.75) is 13.5 Å². The Labute approximate surface area is 94.9 Å². The number of fused-ring (bicyclic) bond motifs is 1. The van der Waals surface area contributed by atoms with Gasteiger partial charge < -0.3 is 4.58 Å². The number of hydrogen-bond acceptors (Lipinski definition) is 1. The van der Waals surface area contributed by atoms with Crippen molar-refractivity contribution >= 4 is 12.0 Å². The molecule has 2 aromatic rings. The largest absolute Gasteiger partial charge is 0.312 e. The number of pyridine rings is 1. The number of nitrogens with zero attached hydrogens (tertiary/aromatic N) is 2. The first-order chi connectivity index (χ1) is 7.84. The molecule has 1 aliphatic rings. The molecule has 1 aromatic carbocycles. The second-order valence-corrected chi connectivity index (χ2v) is 3.99. The lowest BCUT2D eigenvalue weighted by atomic mass is 10.1. The smallest absolute Gasteiger partial charge is 0.251 e. The van der Waals surface area contributed by atoms with Crippen molar-refractivity contribution in [2.75, 3.05) is 0 Å². The Morgan fingerprint density at radius 2 is 2.12 bits per heavy atom. The van der Waals surface area contributed by atoms with Gasteiger partial charge in [-0.15, -0.1) is 17.7 Å². The van der Waals surface area contributed by atoms with Gasteiger partial charge in [0.1, 0.15) is 6.20 Å². The molecule has 16 heavy (non-hydrogen) atoms. The summed E-state index contributed by atoms with van der Waals surface area (Å²) in [6, 6.07) is 12.3. The lowest BCUT2D eigenvalue weighted by Crippen LogP contribution is -2.01. The SMILES string of the molecule is Cc1cccc2c1C[N+](c1ccccn1)=[C-]2. The van der Waals surface area contributed by atoms with Crippen LogP contribution in [0.15, 0.2) is 42.6 Å². The van der Waals surface area contributed by atoms with Crippen molar-refractivity contribution in [2.24, 2.45) is 0 Å². The quantitative estimate of drug-likeness (QED) is 0.519. The van der Waals surface area contributed by atoms with Crippen molar-refractivity contribution in [3.05, 3.63) is 59.3 Å². The molecule has 2 heterocycles. The van der Waals surface area contributed by atoms with Crippen LogP contribution in [0.1, 0.15) is 16.7 Å². The molecule has 2 nitrogen and oxygen atoms in total. The highest BCUT2D eigenvalue weighted by molar-refractivity contribution is 5.81. The fraction of sp³-hybridized carbons (Fsp3) is 0.143. The van der Waals surface area contributed by atoms with Gasteiger partial charge in [0, 0.05) is 6.21 Å². The number of hydrogen-bond donors (Lipinski definition) is 0. The molecule has 0 N–H and O–H groups in total. The molecule has 0 amide bonds. The minimum absolute atomic E-state index is 0.874. The van der Waals surface area contributed by atoms with Crippen LogP contribution in [0, 0.1) is 6.92 Å². The van der Waals surface area contributed by atoms with E-state index in [0.29, 0.717) is 0 Å². The molecule has 0 saturated heterocycles. The van der Waals surface area contributed by atoms with Gasteiger partial charge in [0.2, 0.25) is 0 Å². The summed E-state index contributed by atoms with van der Waals surface area (Å²) >= 11 is 0. The van der Waals surface area contributed by atoms with Gasteiger partial charge in [0.15, 0.2) is 0 Å². The maximum atomic E-state index is 4.34. The fourth-order valence-electron chi connectivity index (χ4n) is 2.01. The summed E-state index contributed by atoms with van der Waals surface area (Å²) in [5.41, 5.74) is 3.86. The van der Waals surface area contributed by atoms with Gasteiger partial charge in [-0.2, -0.15) is 0 Å². The van der Waals surface area contributed by atoms with Crippen molar-refractivity contribution in [1.82, 2.24) is 4.98 Å². The molecule has 0 spiro atoms. The summed E-state index contributed by atoms with van der Waals surface area (Å²) in [6.45, 7) is 3.02. The average molecular weight is 208 g/mol. The second kappa shape index (κ2) is 3.56. The molecule has 0 saturated carbocycles. The van der Waals surface area contributed by atoms with Gasteiger partial charge in [-0.3, -0.25) is 0 Å².